The van der Waals surface area contributed by atoms with E-state index in [-0.39, 0.29) is 11.8 Å². The normalized spacial score (nSPS) is 18.0. The number of rotatable bonds is 3. The van der Waals surface area contributed by atoms with Crippen LogP contribution in [0, 0.1) is 13.8 Å². The molecule has 8 heteroatoms. The van der Waals surface area contributed by atoms with E-state index in [0.717, 1.165) is 22.4 Å². The van der Waals surface area contributed by atoms with Crippen LogP contribution < -0.4 is 10.6 Å². The van der Waals surface area contributed by atoms with Crippen LogP contribution in [-0.2, 0) is 11.8 Å². The number of aryl methyl sites for hydroxylation is 3. The lowest BCUT2D eigenvalue weighted by molar-refractivity contribution is -0.118. The standard InChI is InChI=1S/C22H20Cl2N4O2/c1-11-5-4-6-14(9-11)21(29)25-19-18(13-7-8-15(23)16(24)10-13)17-12(2)27-28(3)20(17)26-22(19)30/h4-10,18-19H,1-3H3,(H,25,29)(H,26,30)/t18-,19+/m0/s1. The van der Waals surface area contributed by atoms with Crippen LogP contribution >= 0.6 is 23.2 Å². The molecule has 30 heavy (non-hydrogen) atoms. The first kappa shape index (κ1) is 20.4. The molecular formula is C22H20Cl2N4O2. The number of carbonyl (C=O) groups is 2. The molecule has 0 radical (unpaired) electrons. The summed E-state index contributed by atoms with van der Waals surface area (Å²) in [6.45, 7) is 3.79. The van der Waals surface area contributed by atoms with Crippen molar-refractivity contribution in [2.24, 2.45) is 7.05 Å². The van der Waals surface area contributed by atoms with Crippen molar-refractivity contribution in [3.05, 3.63) is 80.5 Å². The molecule has 2 N–H and O–H groups in total. The lowest BCUT2D eigenvalue weighted by Crippen LogP contribution is -2.50. The number of anilines is 1. The van der Waals surface area contributed by atoms with Crippen molar-refractivity contribution in [1.82, 2.24) is 15.1 Å². The van der Waals surface area contributed by atoms with Gasteiger partial charge in [0.05, 0.1) is 15.7 Å². The van der Waals surface area contributed by atoms with Gasteiger partial charge in [-0.1, -0.05) is 47.0 Å². The van der Waals surface area contributed by atoms with Gasteiger partial charge in [-0.25, -0.2) is 0 Å². The van der Waals surface area contributed by atoms with E-state index >= 15 is 0 Å². The van der Waals surface area contributed by atoms with Crippen molar-refractivity contribution in [1.29, 1.82) is 0 Å². The van der Waals surface area contributed by atoms with E-state index in [2.05, 4.69) is 15.7 Å². The molecule has 2 aromatic carbocycles. The Hall–Kier alpha value is -2.83. The largest absolute Gasteiger partial charge is 0.339 e. The summed E-state index contributed by atoms with van der Waals surface area (Å²) in [6, 6.07) is 11.6. The fourth-order valence-corrected chi connectivity index (χ4v) is 4.24. The Labute approximate surface area is 184 Å². The maximum Gasteiger partial charge on any atom is 0.251 e. The van der Waals surface area contributed by atoms with Crippen LogP contribution in [-0.4, -0.2) is 27.6 Å². The molecule has 2 atom stereocenters. The summed E-state index contributed by atoms with van der Waals surface area (Å²) >= 11 is 12.4. The Morgan fingerprint density at radius 2 is 1.90 bits per heavy atom. The fourth-order valence-electron chi connectivity index (χ4n) is 3.93. The predicted molar refractivity (Wildman–Crippen MR) is 117 cm³/mol. The lowest BCUT2D eigenvalue weighted by Gasteiger charge is -2.32. The fraction of sp³-hybridized carbons (Fsp3) is 0.227. The Morgan fingerprint density at radius 3 is 2.60 bits per heavy atom. The number of hydrogen-bond acceptors (Lipinski definition) is 3. The second-order valence-corrected chi connectivity index (χ2v) is 8.25. The van der Waals surface area contributed by atoms with E-state index in [1.165, 1.54) is 0 Å². The van der Waals surface area contributed by atoms with Crippen LogP contribution in [0.1, 0.15) is 38.7 Å². The van der Waals surface area contributed by atoms with Crippen molar-refractivity contribution in [2.75, 3.05) is 5.32 Å². The quantitative estimate of drug-likeness (QED) is 0.637. The molecule has 1 aliphatic rings. The summed E-state index contributed by atoms with van der Waals surface area (Å²) in [5.74, 6) is -0.503. The third-order valence-corrected chi connectivity index (χ3v) is 6.05. The monoisotopic (exact) mass is 442 g/mol. The molecule has 0 saturated heterocycles. The van der Waals surface area contributed by atoms with E-state index in [0.29, 0.717) is 21.4 Å². The minimum absolute atomic E-state index is 0.317. The number of carbonyl (C=O) groups excluding carboxylic acids is 2. The zero-order valence-electron chi connectivity index (χ0n) is 16.7. The van der Waals surface area contributed by atoms with E-state index in [9.17, 15) is 9.59 Å². The molecule has 6 nitrogen and oxygen atoms in total. The Balaban J connectivity index is 1.80. The van der Waals surface area contributed by atoms with Crippen LogP contribution in [0.2, 0.25) is 10.0 Å². The van der Waals surface area contributed by atoms with Gasteiger partial charge in [-0.15, -0.1) is 0 Å². The van der Waals surface area contributed by atoms with Crippen molar-refractivity contribution in [2.45, 2.75) is 25.8 Å². The second-order valence-electron chi connectivity index (χ2n) is 7.43. The van der Waals surface area contributed by atoms with Gasteiger partial charge in [-0.3, -0.25) is 14.3 Å². The minimum Gasteiger partial charge on any atom is -0.339 e. The zero-order valence-corrected chi connectivity index (χ0v) is 18.2. The van der Waals surface area contributed by atoms with Gasteiger partial charge in [0.2, 0.25) is 5.91 Å². The number of hydrogen-bond donors (Lipinski definition) is 2. The molecule has 0 fully saturated rings. The van der Waals surface area contributed by atoms with Crippen LogP contribution in [0.15, 0.2) is 42.5 Å². The second kappa shape index (κ2) is 7.78. The van der Waals surface area contributed by atoms with Gasteiger partial charge in [-0.05, 0) is 43.7 Å². The van der Waals surface area contributed by atoms with Gasteiger partial charge in [0, 0.05) is 24.1 Å². The maximum absolute atomic E-state index is 13.1. The molecular weight excluding hydrogens is 423 g/mol. The highest BCUT2D eigenvalue weighted by Gasteiger charge is 2.41. The summed E-state index contributed by atoms with van der Waals surface area (Å²) in [5, 5.41) is 11.0. The first-order chi connectivity index (χ1) is 14.3. The maximum atomic E-state index is 13.1. The van der Waals surface area contributed by atoms with Crippen molar-refractivity contribution < 1.29 is 9.59 Å². The number of halogens is 2. The lowest BCUT2D eigenvalue weighted by atomic mass is 9.82. The number of benzene rings is 2. The molecule has 2 amide bonds. The van der Waals surface area contributed by atoms with Gasteiger partial charge in [0.15, 0.2) is 0 Å². The number of aromatic nitrogens is 2. The van der Waals surface area contributed by atoms with Gasteiger partial charge in [0.25, 0.3) is 5.91 Å². The van der Waals surface area contributed by atoms with E-state index in [4.69, 9.17) is 23.2 Å². The summed E-state index contributed by atoms with van der Waals surface area (Å²) in [5.41, 5.74) is 3.82. The molecule has 4 rings (SSSR count). The summed E-state index contributed by atoms with van der Waals surface area (Å²) in [6.07, 6.45) is 0. The summed E-state index contributed by atoms with van der Waals surface area (Å²) in [7, 11) is 1.77. The molecule has 0 aliphatic carbocycles. The average Bonchev–Trinajstić information content (AvgIpc) is 2.98. The SMILES string of the molecule is Cc1cccc(C(=O)N[C@H]2C(=O)Nc3c(c(C)nn3C)[C@@H]2c2ccc(Cl)c(Cl)c2)c1. The first-order valence-electron chi connectivity index (χ1n) is 9.43. The van der Waals surface area contributed by atoms with Crippen LogP contribution in [0.4, 0.5) is 5.82 Å². The number of nitrogens with zero attached hydrogens (tertiary/aromatic N) is 2. The van der Waals surface area contributed by atoms with Crippen molar-refractivity contribution in [3.8, 4) is 0 Å². The third-order valence-electron chi connectivity index (χ3n) is 5.31. The van der Waals surface area contributed by atoms with Gasteiger partial charge >= 0.3 is 0 Å². The number of nitrogens with one attached hydrogen (secondary N) is 2. The number of fused-ring (bicyclic) bond motifs is 1. The van der Waals surface area contributed by atoms with Gasteiger partial charge in [0.1, 0.15) is 11.9 Å². The third kappa shape index (κ3) is 3.57. The highest BCUT2D eigenvalue weighted by molar-refractivity contribution is 6.42. The molecule has 1 aliphatic heterocycles. The van der Waals surface area contributed by atoms with E-state index in [1.807, 2.05) is 32.0 Å². The van der Waals surface area contributed by atoms with E-state index < -0.39 is 12.0 Å². The smallest absolute Gasteiger partial charge is 0.251 e. The zero-order chi connectivity index (χ0) is 21.6. The highest BCUT2D eigenvalue weighted by Crippen LogP contribution is 2.40. The van der Waals surface area contributed by atoms with Crippen LogP contribution in [0.25, 0.3) is 0 Å². The summed E-state index contributed by atoms with van der Waals surface area (Å²) < 4.78 is 1.63. The molecule has 0 saturated carbocycles. The van der Waals surface area contributed by atoms with Gasteiger partial charge < -0.3 is 10.6 Å². The Morgan fingerprint density at radius 1 is 1.13 bits per heavy atom. The Bertz CT molecular complexity index is 1170. The highest BCUT2D eigenvalue weighted by atomic mass is 35.5. The van der Waals surface area contributed by atoms with Crippen LogP contribution in [0.3, 0.4) is 0 Å². The summed E-state index contributed by atoms with van der Waals surface area (Å²) in [4.78, 5) is 26.0. The molecule has 2 heterocycles. The molecule has 1 aromatic heterocycles. The average molecular weight is 443 g/mol. The van der Waals surface area contributed by atoms with Crippen LogP contribution in [0.5, 0.6) is 0 Å². The number of amides is 2. The Kier molecular flexibility index (Phi) is 5.30. The molecule has 3 aromatic rings. The first-order valence-corrected chi connectivity index (χ1v) is 10.2. The molecule has 0 bridgehead atoms. The van der Waals surface area contributed by atoms with Crippen molar-refractivity contribution in [3.63, 3.8) is 0 Å². The molecule has 0 unspecified atom stereocenters. The topological polar surface area (TPSA) is 76.0 Å². The van der Waals surface area contributed by atoms with E-state index in [1.54, 1.807) is 36.0 Å². The van der Waals surface area contributed by atoms with Crippen molar-refractivity contribution >= 4 is 40.8 Å². The molecule has 0 spiro atoms. The van der Waals surface area contributed by atoms with Gasteiger partial charge in [-0.2, -0.15) is 5.10 Å². The predicted octanol–water partition coefficient (Wildman–Crippen LogP) is 4.23. The minimum atomic E-state index is -0.842. The molecule has 154 valence electrons.